The summed E-state index contributed by atoms with van der Waals surface area (Å²) >= 11 is 0. The number of nitriles is 1. The summed E-state index contributed by atoms with van der Waals surface area (Å²) in [5.74, 6) is -2.94. The summed E-state index contributed by atoms with van der Waals surface area (Å²) in [6, 6.07) is 27.0. The van der Waals surface area contributed by atoms with Crippen molar-refractivity contribution in [2.75, 3.05) is 25.7 Å². The Bertz CT molecular complexity index is 1510. The molecule has 1 atom stereocenters. The summed E-state index contributed by atoms with van der Waals surface area (Å²) in [5.41, 5.74) is 8.71. The normalized spacial score (nSPS) is 14.8. The van der Waals surface area contributed by atoms with Gasteiger partial charge in [-0.15, -0.1) is 0 Å². The SMILES string of the molecule is COC(=O)C1=C(C(=O)OC)N(c2ccc(C(=O)NCCc3ccccc3)cc2)C(N)=C(C#N)C1c1ccccc1. The number of ether oxygens (including phenoxy) is 2. The largest absolute Gasteiger partial charge is 0.466 e. The van der Waals surface area contributed by atoms with Crippen LogP contribution in [0.15, 0.2) is 108 Å². The molecule has 9 nitrogen and oxygen atoms in total. The number of amides is 1. The number of nitrogens with zero attached hydrogens (tertiary/aromatic N) is 2. The van der Waals surface area contributed by atoms with Gasteiger partial charge in [0, 0.05) is 17.8 Å². The van der Waals surface area contributed by atoms with Crippen molar-refractivity contribution in [1.82, 2.24) is 5.32 Å². The molecule has 0 saturated heterocycles. The van der Waals surface area contributed by atoms with Gasteiger partial charge in [0.2, 0.25) is 0 Å². The van der Waals surface area contributed by atoms with E-state index < -0.39 is 17.9 Å². The molecule has 202 valence electrons. The maximum Gasteiger partial charge on any atom is 0.355 e. The zero-order chi connectivity index (χ0) is 28.6. The van der Waals surface area contributed by atoms with Gasteiger partial charge in [0.25, 0.3) is 5.91 Å². The van der Waals surface area contributed by atoms with E-state index in [1.54, 1.807) is 54.6 Å². The molecule has 0 aromatic heterocycles. The highest BCUT2D eigenvalue weighted by Gasteiger charge is 2.42. The number of methoxy groups -OCH3 is 2. The van der Waals surface area contributed by atoms with E-state index in [1.165, 1.54) is 19.1 Å². The van der Waals surface area contributed by atoms with Crippen LogP contribution in [-0.4, -0.2) is 38.6 Å². The molecule has 1 aliphatic rings. The molecular formula is C31H28N4O5. The Balaban J connectivity index is 1.72. The Morgan fingerprint density at radius 3 is 2.08 bits per heavy atom. The lowest BCUT2D eigenvalue weighted by molar-refractivity contribution is -0.139. The van der Waals surface area contributed by atoms with Crippen molar-refractivity contribution in [3.05, 3.63) is 124 Å². The van der Waals surface area contributed by atoms with Gasteiger partial charge in [-0.25, -0.2) is 9.59 Å². The molecule has 0 bridgehead atoms. The molecule has 0 aliphatic carbocycles. The second-order valence-electron chi connectivity index (χ2n) is 8.87. The molecule has 1 aliphatic heterocycles. The first-order chi connectivity index (χ1) is 19.4. The molecule has 0 spiro atoms. The highest BCUT2D eigenvalue weighted by atomic mass is 16.5. The van der Waals surface area contributed by atoms with Crippen molar-refractivity contribution in [3.8, 4) is 6.07 Å². The van der Waals surface area contributed by atoms with E-state index in [-0.39, 0.29) is 28.6 Å². The monoisotopic (exact) mass is 536 g/mol. The van der Waals surface area contributed by atoms with E-state index >= 15 is 0 Å². The minimum Gasteiger partial charge on any atom is -0.466 e. The van der Waals surface area contributed by atoms with Crippen LogP contribution < -0.4 is 16.0 Å². The van der Waals surface area contributed by atoms with Gasteiger partial charge in [-0.1, -0.05) is 60.7 Å². The van der Waals surface area contributed by atoms with Crippen LogP contribution in [0.25, 0.3) is 0 Å². The fraction of sp³-hybridized carbons (Fsp3) is 0.161. The Labute approximate surface area is 232 Å². The van der Waals surface area contributed by atoms with Crippen LogP contribution in [0.1, 0.15) is 27.4 Å². The first-order valence-corrected chi connectivity index (χ1v) is 12.5. The van der Waals surface area contributed by atoms with Gasteiger partial charge < -0.3 is 20.5 Å². The predicted octanol–water partition coefficient (Wildman–Crippen LogP) is 3.56. The average Bonchev–Trinajstić information content (AvgIpc) is 3.00. The second-order valence-corrected chi connectivity index (χ2v) is 8.87. The molecule has 40 heavy (non-hydrogen) atoms. The quantitative estimate of drug-likeness (QED) is 0.418. The molecule has 0 fully saturated rings. The van der Waals surface area contributed by atoms with Crippen molar-refractivity contribution < 1.29 is 23.9 Å². The summed E-state index contributed by atoms with van der Waals surface area (Å²) in [6.45, 7) is 0.455. The topological polar surface area (TPSA) is 135 Å². The number of esters is 2. The summed E-state index contributed by atoms with van der Waals surface area (Å²) < 4.78 is 10.1. The van der Waals surface area contributed by atoms with Crippen molar-refractivity contribution in [2.24, 2.45) is 5.73 Å². The molecule has 0 radical (unpaired) electrons. The van der Waals surface area contributed by atoms with Crippen LogP contribution in [-0.2, 0) is 25.5 Å². The van der Waals surface area contributed by atoms with Gasteiger partial charge in [-0.3, -0.25) is 9.69 Å². The predicted molar refractivity (Wildman–Crippen MR) is 148 cm³/mol. The van der Waals surface area contributed by atoms with Crippen LogP contribution in [0.2, 0.25) is 0 Å². The summed E-state index contributed by atoms with van der Waals surface area (Å²) in [6.07, 6.45) is 0.683. The zero-order valence-corrected chi connectivity index (χ0v) is 22.1. The number of nitrogens with one attached hydrogen (secondary N) is 1. The Kier molecular flexibility index (Phi) is 8.62. The molecule has 3 aromatic carbocycles. The number of benzene rings is 3. The molecule has 9 heteroatoms. The zero-order valence-electron chi connectivity index (χ0n) is 22.1. The smallest absolute Gasteiger partial charge is 0.355 e. The fourth-order valence-electron chi connectivity index (χ4n) is 4.61. The number of nitrogens with two attached hydrogens (primary N) is 1. The van der Waals surface area contributed by atoms with Crippen molar-refractivity contribution >= 4 is 23.5 Å². The number of hydrogen-bond acceptors (Lipinski definition) is 8. The fourth-order valence-corrected chi connectivity index (χ4v) is 4.61. The van der Waals surface area contributed by atoms with Crippen molar-refractivity contribution in [3.63, 3.8) is 0 Å². The highest BCUT2D eigenvalue weighted by molar-refractivity contribution is 6.06. The van der Waals surface area contributed by atoms with Crippen molar-refractivity contribution in [2.45, 2.75) is 12.3 Å². The third-order valence-corrected chi connectivity index (χ3v) is 6.54. The first kappa shape index (κ1) is 27.7. The van der Waals surface area contributed by atoms with Gasteiger partial charge in [0.1, 0.15) is 11.5 Å². The van der Waals surface area contributed by atoms with E-state index in [2.05, 4.69) is 11.4 Å². The van der Waals surface area contributed by atoms with Crippen LogP contribution in [0, 0.1) is 11.3 Å². The van der Waals surface area contributed by atoms with E-state index in [4.69, 9.17) is 15.2 Å². The standard InChI is InChI=1S/C31H28N4O5/c1-39-30(37)26-25(21-11-7-4-8-12-21)24(19-32)28(33)35(27(26)31(38)40-2)23-15-13-22(14-16-23)29(36)34-18-17-20-9-5-3-6-10-20/h3-16,25H,17-18,33H2,1-2H3,(H,34,36). The highest BCUT2D eigenvalue weighted by Crippen LogP contribution is 2.43. The Hall–Kier alpha value is -5.36. The molecule has 4 rings (SSSR count). The minimum absolute atomic E-state index is 0.0514. The minimum atomic E-state index is -0.960. The maximum atomic E-state index is 13.2. The van der Waals surface area contributed by atoms with Gasteiger partial charge >= 0.3 is 11.9 Å². The Morgan fingerprint density at radius 2 is 1.50 bits per heavy atom. The molecule has 1 heterocycles. The third-order valence-electron chi connectivity index (χ3n) is 6.54. The second kappa shape index (κ2) is 12.5. The number of allylic oxidation sites excluding steroid dienone is 1. The van der Waals surface area contributed by atoms with Gasteiger partial charge in [-0.2, -0.15) is 5.26 Å². The van der Waals surface area contributed by atoms with Gasteiger partial charge in [0.05, 0.1) is 37.4 Å². The lowest BCUT2D eigenvalue weighted by Crippen LogP contribution is -2.40. The summed E-state index contributed by atoms with van der Waals surface area (Å²) in [4.78, 5) is 40.3. The van der Waals surface area contributed by atoms with Crippen LogP contribution >= 0.6 is 0 Å². The van der Waals surface area contributed by atoms with Crippen molar-refractivity contribution in [1.29, 1.82) is 5.26 Å². The number of anilines is 1. The van der Waals surface area contributed by atoms with Crippen LogP contribution in [0.3, 0.4) is 0 Å². The average molecular weight is 537 g/mol. The van der Waals surface area contributed by atoms with E-state index in [0.29, 0.717) is 29.8 Å². The maximum absolute atomic E-state index is 13.2. The van der Waals surface area contributed by atoms with Gasteiger partial charge in [-0.05, 0) is 41.8 Å². The van der Waals surface area contributed by atoms with Gasteiger partial charge in [0.15, 0.2) is 0 Å². The Morgan fingerprint density at radius 1 is 0.900 bits per heavy atom. The molecule has 0 saturated carbocycles. The molecule has 3 aromatic rings. The molecular weight excluding hydrogens is 508 g/mol. The number of hydrogen-bond donors (Lipinski definition) is 2. The summed E-state index contributed by atoms with van der Waals surface area (Å²) in [5, 5.41) is 13.0. The molecule has 3 N–H and O–H groups in total. The lowest BCUT2D eigenvalue weighted by atomic mass is 9.81. The third kappa shape index (κ3) is 5.56. The van der Waals surface area contributed by atoms with Crippen LogP contribution in [0.5, 0.6) is 0 Å². The van der Waals surface area contributed by atoms with E-state index in [1.807, 2.05) is 30.3 Å². The number of rotatable bonds is 8. The number of carbonyl (C=O) groups is 3. The molecule has 1 unspecified atom stereocenters. The van der Waals surface area contributed by atoms with Crippen LogP contribution in [0.4, 0.5) is 5.69 Å². The molecule has 1 amide bonds. The number of carbonyl (C=O) groups excluding carboxylic acids is 3. The van der Waals surface area contributed by atoms with E-state index in [0.717, 1.165) is 5.56 Å². The van der Waals surface area contributed by atoms with E-state index in [9.17, 15) is 19.6 Å². The first-order valence-electron chi connectivity index (χ1n) is 12.5. The lowest BCUT2D eigenvalue weighted by Gasteiger charge is -2.35. The summed E-state index contributed by atoms with van der Waals surface area (Å²) in [7, 11) is 2.37.